The highest BCUT2D eigenvalue weighted by Gasteiger charge is 2.17. The fourth-order valence-electron chi connectivity index (χ4n) is 3.34. The van der Waals surface area contributed by atoms with E-state index in [1.165, 1.54) is 11.3 Å². The summed E-state index contributed by atoms with van der Waals surface area (Å²) in [6, 6.07) is 26.8. The van der Waals surface area contributed by atoms with Crippen LogP contribution in [0.3, 0.4) is 0 Å². The van der Waals surface area contributed by atoms with Crippen molar-refractivity contribution in [1.29, 1.82) is 0 Å². The van der Waals surface area contributed by atoms with E-state index < -0.39 is 0 Å². The van der Waals surface area contributed by atoms with Gasteiger partial charge in [0.1, 0.15) is 0 Å². The van der Waals surface area contributed by atoms with Crippen LogP contribution in [0.2, 0.25) is 5.02 Å². The van der Waals surface area contributed by atoms with Gasteiger partial charge in [0.25, 0.3) is 11.9 Å². The van der Waals surface area contributed by atoms with E-state index in [0.29, 0.717) is 15.6 Å². The van der Waals surface area contributed by atoms with Crippen LogP contribution < -0.4 is 5.32 Å². The van der Waals surface area contributed by atoms with Crippen molar-refractivity contribution in [2.45, 2.75) is 0 Å². The summed E-state index contributed by atoms with van der Waals surface area (Å²) in [5.74, 6) is -0.0155. The van der Waals surface area contributed by atoms with Gasteiger partial charge in [0, 0.05) is 21.5 Å². The highest BCUT2D eigenvalue weighted by molar-refractivity contribution is 7.15. The maximum Gasteiger partial charge on any atom is 0.258 e. The predicted molar refractivity (Wildman–Crippen MR) is 131 cm³/mol. The predicted octanol–water partition coefficient (Wildman–Crippen LogP) is 6.29. The summed E-state index contributed by atoms with van der Waals surface area (Å²) in [6.45, 7) is 0. The number of carbonyl (C=O) groups is 1. The summed E-state index contributed by atoms with van der Waals surface area (Å²) in [5, 5.41) is 10.0. The minimum absolute atomic E-state index is 0.256. The molecule has 7 heteroatoms. The monoisotopic (exact) mass is 456 g/mol. The van der Waals surface area contributed by atoms with Crippen LogP contribution in [0.4, 0.5) is 5.95 Å². The number of nitrogens with one attached hydrogen (secondary N) is 1. The van der Waals surface area contributed by atoms with Crippen molar-refractivity contribution < 1.29 is 4.79 Å². The summed E-state index contributed by atoms with van der Waals surface area (Å²) in [5.41, 5.74) is 4.14. The molecule has 3 aromatic carbocycles. The second kappa shape index (κ2) is 8.78. The first-order valence-corrected chi connectivity index (χ1v) is 11.2. The number of rotatable bonds is 5. The first kappa shape index (κ1) is 20.2. The standard InChI is InChI=1S/C25H17ClN4OS/c26-20-13-11-19(12-14-20)22-16-32-25-28-24(29-30(22)25)27-23(31)21(18-9-5-2-6-10-18)15-17-7-3-1-4-8-17/h1-16H,(H,27,29,31)/b21-15-. The fourth-order valence-corrected chi connectivity index (χ4v) is 4.29. The zero-order valence-electron chi connectivity index (χ0n) is 16.8. The van der Waals surface area contributed by atoms with Crippen LogP contribution in [0.5, 0.6) is 0 Å². The van der Waals surface area contributed by atoms with Gasteiger partial charge < -0.3 is 0 Å². The molecule has 0 unspecified atom stereocenters. The summed E-state index contributed by atoms with van der Waals surface area (Å²) >= 11 is 7.46. The molecule has 1 N–H and O–H groups in total. The Morgan fingerprint density at radius 1 is 0.938 bits per heavy atom. The number of hydrogen-bond acceptors (Lipinski definition) is 4. The number of thiazole rings is 1. The van der Waals surface area contributed by atoms with Gasteiger partial charge in [-0.3, -0.25) is 10.1 Å². The van der Waals surface area contributed by atoms with E-state index in [0.717, 1.165) is 22.4 Å². The Hall–Kier alpha value is -3.74. The highest BCUT2D eigenvalue weighted by Crippen LogP contribution is 2.27. The molecule has 5 nitrogen and oxygen atoms in total. The van der Waals surface area contributed by atoms with Crippen LogP contribution in [0.1, 0.15) is 11.1 Å². The number of benzene rings is 3. The third-order valence-corrected chi connectivity index (χ3v) is 5.96. The Kier molecular flexibility index (Phi) is 5.54. The normalized spacial score (nSPS) is 11.6. The Morgan fingerprint density at radius 2 is 1.62 bits per heavy atom. The Labute approximate surface area is 193 Å². The summed E-state index contributed by atoms with van der Waals surface area (Å²) < 4.78 is 1.73. The van der Waals surface area contributed by atoms with E-state index in [2.05, 4.69) is 15.4 Å². The van der Waals surface area contributed by atoms with Gasteiger partial charge in [-0.25, -0.2) is 4.52 Å². The second-order valence-electron chi connectivity index (χ2n) is 7.05. The van der Waals surface area contributed by atoms with Crippen LogP contribution in [-0.2, 0) is 4.79 Å². The van der Waals surface area contributed by atoms with Crippen molar-refractivity contribution in [3.05, 3.63) is 106 Å². The van der Waals surface area contributed by atoms with Crippen molar-refractivity contribution in [3.8, 4) is 11.3 Å². The van der Waals surface area contributed by atoms with Crippen molar-refractivity contribution in [1.82, 2.24) is 14.6 Å². The number of amides is 1. The van der Waals surface area contributed by atoms with Gasteiger partial charge in [-0.2, -0.15) is 4.98 Å². The minimum Gasteiger partial charge on any atom is -0.289 e. The van der Waals surface area contributed by atoms with E-state index in [1.807, 2.05) is 96.4 Å². The first-order valence-electron chi connectivity index (χ1n) is 9.91. The van der Waals surface area contributed by atoms with Crippen LogP contribution in [0, 0.1) is 0 Å². The Bertz CT molecular complexity index is 1410. The van der Waals surface area contributed by atoms with E-state index in [9.17, 15) is 4.79 Å². The number of nitrogens with zero attached hydrogens (tertiary/aromatic N) is 3. The number of hydrogen-bond donors (Lipinski definition) is 1. The summed E-state index contributed by atoms with van der Waals surface area (Å²) in [6.07, 6.45) is 1.86. The molecular formula is C25H17ClN4OS. The van der Waals surface area contributed by atoms with Crippen molar-refractivity contribution in [2.75, 3.05) is 5.32 Å². The quantitative estimate of drug-likeness (QED) is 0.250. The maximum absolute atomic E-state index is 13.2. The molecule has 32 heavy (non-hydrogen) atoms. The first-order chi connectivity index (χ1) is 15.7. The molecule has 2 aromatic heterocycles. The Morgan fingerprint density at radius 3 is 2.34 bits per heavy atom. The third kappa shape index (κ3) is 4.19. The second-order valence-corrected chi connectivity index (χ2v) is 8.32. The zero-order chi connectivity index (χ0) is 21.9. The minimum atomic E-state index is -0.272. The third-order valence-electron chi connectivity index (χ3n) is 4.89. The molecule has 5 aromatic rings. The lowest BCUT2D eigenvalue weighted by molar-refractivity contribution is -0.111. The molecule has 0 spiro atoms. The lowest BCUT2D eigenvalue weighted by Gasteiger charge is -2.07. The molecule has 0 aliphatic rings. The molecule has 156 valence electrons. The number of halogens is 1. The van der Waals surface area contributed by atoms with Gasteiger partial charge in [0.05, 0.1) is 5.69 Å². The highest BCUT2D eigenvalue weighted by atomic mass is 35.5. The van der Waals surface area contributed by atoms with Crippen LogP contribution in [0.15, 0.2) is 90.3 Å². The number of anilines is 1. The van der Waals surface area contributed by atoms with Gasteiger partial charge in [0.2, 0.25) is 4.96 Å². The van der Waals surface area contributed by atoms with Crippen molar-refractivity contribution in [3.63, 3.8) is 0 Å². The van der Waals surface area contributed by atoms with Gasteiger partial charge in [-0.15, -0.1) is 16.4 Å². The van der Waals surface area contributed by atoms with Crippen molar-refractivity contribution in [2.24, 2.45) is 0 Å². The molecule has 0 radical (unpaired) electrons. The molecule has 0 aliphatic heterocycles. The van der Waals surface area contributed by atoms with Crippen LogP contribution in [-0.4, -0.2) is 20.5 Å². The molecule has 2 heterocycles. The van der Waals surface area contributed by atoms with Crippen LogP contribution >= 0.6 is 22.9 Å². The molecule has 0 saturated heterocycles. The summed E-state index contributed by atoms with van der Waals surface area (Å²) in [7, 11) is 0. The maximum atomic E-state index is 13.2. The smallest absolute Gasteiger partial charge is 0.258 e. The zero-order valence-corrected chi connectivity index (χ0v) is 18.3. The van der Waals surface area contributed by atoms with Gasteiger partial charge >= 0.3 is 0 Å². The summed E-state index contributed by atoms with van der Waals surface area (Å²) in [4.78, 5) is 18.4. The van der Waals surface area contributed by atoms with Gasteiger partial charge in [0.15, 0.2) is 0 Å². The van der Waals surface area contributed by atoms with E-state index in [-0.39, 0.29) is 11.9 Å². The topological polar surface area (TPSA) is 59.3 Å². The number of fused-ring (bicyclic) bond motifs is 1. The molecule has 1 amide bonds. The molecule has 0 saturated carbocycles. The van der Waals surface area contributed by atoms with E-state index >= 15 is 0 Å². The number of carbonyl (C=O) groups excluding carboxylic acids is 1. The van der Waals surface area contributed by atoms with Gasteiger partial charge in [-0.05, 0) is 29.3 Å². The average Bonchev–Trinajstić information content (AvgIpc) is 3.39. The van der Waals surface area contributed by atoms with Gasteiger partial charge in [-0.1, -0.05) is 84.4 Å². The molecule has 5 rings (SSSR count). The largest absolute Gasteiger partial charge is 0.289 e. The molecule has 0 aliphatic carbocycles. The van der Waals surface area contributed by atoms with Crippen LogP contribution in [0.25, 0.3) is 27.9 Å². The SMILES string of the molecule is O=C(Nc1nc2scc(-c3ccc(Cl)cc3)n2n1)/C(=C\c1ccccc1)c1ccccc1. The fraction of sp³-hybridized carbons (Fsp3) is 0. The number of aromatic nitrogens is 3. The molecule has 0 atom stereocenters. The molecule has 0 fully saturated rings. The van der Waals surface area contributed by atoms with E-state index in [4.69, 9.17) is 11.6 Å². The lowest BCUT2D eigenvalue weighted by Crippen LogP contribution is -2.15. The molecular weight excluding hydrogens is 440 g/mol. The lowest BCUT2D eigenvalue weighted by atomic mass is 10.0. The average molecular weight is 457 g/mol. The van der Waals surface area contributed by atoms with E-state index in [1.54, 1.807) is 4.52 Å². The Balaban J connectivity index is 1.47. The molecule has 0 bridgehead atoms. The van der Waals surface area contributed by atoms with Crippen molar-refractivity contribution >= 4 is 51.4 Å².